The van der Waals surface area contributed by atoms with Gasteiger partial charge in [0.15, 0.2) is 0 Å². The summed E-state index contributed by atoms with van der Waals surface area (Å²) in [6.07, 6.45) is 0. The van der Waals surface area contributed by atoms with E-state index in [0.29, 0.717) is 0 Å². The first-order chi connectivity index (χ1) is 2.00. The van der Waals surface area contributed by atoms with E-state index in [9.17, 15) is 0 Å². The zero-order valence-corrected chi connectivity index (χ0v) is 3.87. The molecule has 0 spiro atoms. The van der Waals surface area contributed by atoms with Crippen LogP contribution < -0.4 is 0 Å². The maximum Gasteiger partial charge on any atom is 0.395 e. The van der Waals surface area contributed by atoms with Crippen molar-refractivity contribution in [2.45, 2.75) is 0 Å². The molecule has 0 aliphatic heterocycles. The highest BCUT2D eigenvalue weighted by atomic mass is 32.7. The van der Waals surface area contributed by atoms with Crippen LogP contribution in [0.5, 0.6) is 0 Å². The maximum absolute atomic E-state index is 9.14. The van der Waals surface area contributed by atoms with Crippen molar-refractivity contribution in [3.05, 3.63) is 0 Å². The van der Waals surface area contributed by atoms with Crippen LogP contribution in [0.15, 0.2) is 0 Å². The Balaban J connectivity index is 3.47. The normalized spacial score (nSPS) is 11.8. The molecule has 0 bridgehead atoms. The molecule has 0 aliphatic carbocycles. The molecule has 1 radical (unpaired) electrons. The van der Waals surface area contributed by atoms with Gasteiger partial charge in [-0.15, -0.1) is 0 Å². The van der Waals surface area contributed by atoms with E-state index in [4.69, 9.17) is 14.4 Å². The molecule has 0 amide bonds. The minimum atomic E-state index is -4.06. The fraction of sp³-hybridized carbons (Fsp3) is 0. The molecule has 0 heterocycles. The molecule has 0 saturated heterocycles. The monoisotopic (exact) mass is 113 g/mol. The lowest BCUT2D eigenvalue weighted by atomic mass is 15.8. The van der Waals surface area contributed by atoms with Gasteiger partial charge in [-0.3, -0.25) is 0 Å². The second-order valence-corrected chi connectivity index (χ2v) is 2.90. The first kappa shape index (κ1) is 5.50. The molecule has 0 aromatic carbocycles. The van der Waals surface area contributed by atoms with Gasteiger partial charge in [0.2, 0.25) is 0 Å². The Morgan fingerprint density at radius 2 is 1.60 bits per heavy atom. The van der Waals surface area contributed by atoms with Crippen molar-refractivity contribution in [2.24, 2.45) is 0 Å². The Morgan fingerprint density at radius 1 is 1.60 bits per heavy atom. The van der Waals surface area contributed by atoms with Crippen molar-refractivity contribution in [1.82, 2.24) is 0 Å². The molecule has 0 aromatic rings. The largest absolute Gasteiger partial charge is 0.395 e. The van der Waals surface area contributed by atoms with E-state index in [-0.39, 0.29) is 0 Å². The first-order valence-electron chi connectivity index (χ1n) is 0.765. The van der Waals surface area contributed by atoms with Gasteiger partial charge in [-0.1, -0.05) is 0 Å². The van der Waals surface area contributed by atoms with Crippen LogP contribution in [0.2, 0.25) is 0 Å². The van der Waals surface area contributed by atoms with Gasteiger partial charge in [0, 0.05) is 12.2 Å². The van der Waals surface area contributed by atoms with Gasteiger partial charge in [0.1, 0.15) is 0 Å². The Morgan fingerprint density at radius 3 is 1.60 bits per heavy atom. The lowest BCUT2D eigenvalue weighted by molar-refractivity contribution is 0.397. The summed E-state index contributed by atoms with van der Waals surface area (Å²) in [5, 5.41) is 0. The van der Waals surface area contributed by atoms with Gasteiger partial charge in [0.25, 0.3) is 0 Å². The van der Waals surface area contributed by atoms with Crippen molar-refractivity contribution < 1.29 is 14.4 Å². The lowest BCUT2D eigenvalue weighted by Gasteiger charge is -1.81. The quantitative estimate of drug-likeness (QED) is 0.443. The third-order valence-electron chi connectivity index (χ3n) is 0. The second-order valence-electron chi connectivity index (χ2n) is 0.491. The van der Waals surface area contributed by atoms with Crippen LogP contribution in [0.1, 0.15) is 0 Å². The Hall–Kier alpha value is 0.500. The zero-order valence-electron chi connectivity index (χ0n) is 2.16. The topological polar surface area (TPSA) is 57.5 Å². The summed E-state index contributed by atoms with van der Waals surface area (Å²) in [6, 6.07) is 0. The number of hydrogen-bond donors (Lipinski definition) is 2. The molecule has 0 aliphatic rings. The molecule has 0 rings (SSSR count). The molecule has 5 heteroatoms. The van der Waals surface area contributed by atoms with Crippen LogP contribution in [0.25, 0.3) is 0 Å². The Labute approximate surface area is 34.3 Å². The van der Waals surface area contributed by atoms with Crippen molar-refractivity contribution in [2.75, 3.05) is 0 Å². The fourth-order valence-electron chi connectivity index (χ4n) is 0. The van der Waals surface area contributed by atoms with E-state index >= 15 is 0 Å². The zero-order chi connectivity index (χ0) is 4.50. The minimum absolute atomic E-state index is 3.49. The van der Waals surface area contributed by atoms with Crippen molar-refractivity contribution >= 4 is 19.0 Å². The van der Waals surface area contributed by atoms with Crippen LogP contribution in [-0.4, -0.2) is 9.79 Å². The summed E-state index contributed by atoms with van der Waals surface area (Å²) in [4.78, 5) is 14.9. The average molecular weight is 113 g/mol. The van der Waals surface area contributed by atoms with Gasteiger partial charge < -0.3 is 9.79 Å². The predicted molar refractivity (Wildman–Crippen MR) is 19.6 cm³/mol. The molecule has 31 valence electrons. The van der Waals surface area contributed by atoms with Crippen molar-refractivity contribution in [1.29, 1.82) is 0 Å². The fourth-order valence-corrected chi connectivity index (χ4v) is 0. The van der Waals surface area contributed by atoms with Crippen molar-refractivity contribution in [3.8, 4) is 0 Å². The van der Waals surface area contributed by atoms with Crippen LogP contribution in [-0.2, 0) is 4.57 Å². The second kappa shape index (κ2) is 1.30. The molecule has 5 heavy (non-hydrogen) atoms. The standard InChI is InChI=1S/H2O3PS/c1-4(2,3)5/h(H2,1,2,3). The summed E-state index contributed by atoms with van der Waals surface area (Å²) < 4.78 is 9.14. The number of rotatable bonds is 0. The lowest BCUT2D eigenvalue weighted by Crippen LogP contribution is -1.54. The van der Waals surface area contributed by atoms with E-state index in [1.807, 2.05) is 0 Å². The third-order valence-corrected chi connectivity index (χ3v) is 0. The smallest absolute Gasteiger partial charge is 0.316 e. The molecule has 0 fully saturated rings. The molecular weight excluding hydrogens is 111 g/mol. The summed E-state index contributed by atoms with van der Waals surface area (Å²) >= 11 is 3.49. The molecule has 2 N–H and O–H groups in total. The van der Waals surface area contributed by atoms with Gasteiger partial charge >= 0.3 is 6.80 Å². The summed E-state index contributed by atoms with van der Waals surface area (Å²) in [5.74, 6) is 0. The summed E-state index contributed by atoms with van der Waals surface area (Å²) in [5.41, 5.74) is 0. The first-order valence-corrected chi connectivity index (χ1v) is 3.39. The SMILES string of the molecule is O=P(O)(O)[S]. The minimum Gasteiger partial charge on any atom is -0.316 e. The van der Waals surface area contributed by atoms with Gasteiger partial charge in [-0.25, -0.2) is 4.57 Å². The maximum atomic E-state index is 9.14. The van der Waals surface area contributed by atoms with E-state index in [0.717, 1.165) is 0 Å². The predicted octanol–water partition coefficient (Wildman–Crippen LogP) is 0.277. The molecule has 0 atom stereocenters. The molecular formula is H2O3PS. The Kier molecular flexibility index (Phi) is 1.44. The third kappa shape index (κ3) is 113. The van der Waals surface area contributed by atoms with Gasteiger partial charge in [-0.2, -0.15) is 0 Å². The molecule has 0 saturated carbocycles. The van der Waals surface area contributed by atoms with E-state index < -0.39 is 6.80 Å². The van der Waals surface area contributed by atoms with Crippen LogP contribution >= 0.6 is 19.0 Å². The van der Waals surface area contributed by atoms with Gasteiger partial charge in [0.05, 0.1) is 0 Å². The number of hydrogen-bond acceptors (Lipinski definition) is 1. The highest BCUT2D eigenvalue weighted by Crippen LogP contribution is 2.39. The molecule has 0 aromatic heterocycles. The highest BCUT2D eigenvalue weighted by Gasteiger charge is 2.00. The van der Waals surface area contributed by atoms with Crippen LogP contribution in [0, 0.1) is 0 Å². The highest BCUT2D eigenvalue weighted by molar-refractivity contribution is 8.43. The van der Waals surface area contributed by atoms with Crippen LogP contribution in [0.3, 0.4) is 0 Å². The van der Waals surface area contributed by atoms with Crippen molar-refractivity contribution in [3.63, 3.8) is 0 Å². The molecule has 3 nitrogen and oxygen atoms in total. The summed E-state index contributed by atoms with van der Waals surface area (Å²) in [6.45, 7) is -4.06. The summed E-state index contributed by atoms with van der Waals surface area (Å²) in [7, 11) is 0. The van der Waals surface area contributed by atoms with E-state index in [1.165, 1.54) is 0 Å². The van der Waals surface area contributed by atoms with Crippen LogP contribution in [0.4, 0.5) is 0 Å². The average Bonchev–Trinajstić information content (AvgIpc) is 0.722. The van der Waals surface area contributed by atoms with E-state index in [2.05, 4.69) is 12.2 Å². The van der Waals surface area contributed by atoms with E-state index in [1.54, 1.807) is 0 Å². The molecule has 0 unspecified atom stereocenters. The van der Waals surface area contributed by atoms with Gasteiger partial charge in [-0.05, 0) is 0 Å². The Bertz CT molecular complexity index is 53.0.